The molecule has 0 aliphatic rings. The van der Waals surface area contributed by atoms with Crippen molar-refractivity contribution in [1.82, 2.24) is 5.43 Å². The average Bonchev–Trinajstić information content (AvgIpc) is 2.35. The van der Waals surface area contributed by atoms with Gasteiger partial charge in [0.25, 0.3) is 0 Å². The summed E-state index contributed by atoms with van der Waals surface area (Å²) in [5.74, 6) is 8.91. The predicted molar refractivity (Wildman–Crippen MR) is 65.7 cm³/mol. The Hall–Kier alpha value is -1.50. The van der Waals surface area contributed by atoms with Crippen LogP contribution < -0.4 is 16.0 Å². The standard InChI is InChI=1S/C13H18N2O/c1-2-3-7-12(15-14)10-11-16-13-8-5-4-6-9-13/h1,4-6,8-9,12,15H,3,7,10-11,14H2. The summed E-state index contributed by atoms with van der Waals surface area (Å²) in [6.07, 6.45) is 7.67. The number of nitrogens with two attached hydrogens (primary N) is 1. The molecule has 3 nitrogen and oxygen atoms in total. The fourth-order valence-electron chi connectivity index (χ4n) is 1.40. The summed E-state index contributed by atoms with van der Waals surface area (Å²) in [4.78, 5) is 0. The molecule has 0 saturated carbocycles. The van der Waals surface area contributed by atoms with Crippen molar-refractivity contribution >= 4 is 0 Å². The molecule has 0 amide bonds. The molecular formula is C13H18N2O. The Labute approximate surface area is 97.0 Å². The maximum atomic E-state index is 5.57. The summed E-state index contributed by atoms with van der Waals surface area (Å²) in [6.45, 7) is 0.642. The van der Waals surface area contributed by atoms with Gasteiger partial charge in [-0.1, -0.05) is 18.2 Å². The van der Waals surface area contributed by atoms with Gasteiger partial charge in [0.2, 0.25) is 0 Å². The third-order valence-electron chi connectivity index (χ3n) is 2.35. The Morgan fingerprint density at radius 3 is 2.69 bits per heavy atom. The minimum Gasteiger partial charge on any atom is -0.494 e. The summed E-state index contributed by atoms with van der Waals surface area (Å²) in [5, 5.41) is 0. The van der Waals surface area contributed by atoms with E-state index in [-0.39, 0.29) is 6.04 Å². The molecule has 1 unspecified atom stereocenters. The minimum atomic E-state index is 0.222. The van der Waals surface area contributed by atoms with E-state index in [4.69, 9.17) is 17.0 Å². The zero-order valence-electron chi connectivity index (χ0n) is 9.36. The van der Waals surface area contributed by atoms with E-state index in [2.05, 4.69) is 11.3 Å². The van der Waals surface area contributed by atoms with Gasteiger partial charge >= 0.3 is 0 Å². The van der Waals surface area contributed by atoms with Crippen LogP contribution in [0.5, 0.6) is 5.75 Å². The third kappa shape index (κ3) is 4.83. The van der Waals surface area contributed by atoms with Gasteiger partial charge in [-0.25, -0.2) is 0 Å². The van der Waals surface area contributed by atoms with Crippen LogP contribution in [0.25, 0.3) is 0 Å². The smallest absolute Gasteiger partial charge is 0.119 e. The number of hydrogen-bond donors (Lipinski definition) is 2. The minimum absolute atomic E-state index is 0.222. The molecule has 86 valence electrons. The predicted octanol–water partition coefficient (Wildman–Crippen LogP) is 1.70. The van der Waals surface area contributed by atoms with E-state index in [0.29, 0.717) is 6.61 Å². The van der Waals surface area contributed by atoms with Crippen LogP contribution in [-0.4, -0.2) is 12.6 Å². The van der Waals surface area contributed by atoms with E-state index in [1.165, 1.54) is 0 Å². The Bertz CT molecular complexity index is 318. The second kappa shape index (κ2) is 7.75. The first-order chi connectivity index (χ1) is 7.86. The Kier molecular flexibility index (Phi) is 6.09. The van der Waals surface area contributed by atoms with Crippen LogP contribution in [-0.2, 0) is 0 Å². The lowest BCUT2D eigenvalue weighted by molar-refractivity contribution is 0.282. The molecule has 1 rings (SSSR count). The molecule has 1 atom stereocenters. The van der Waals surface area contributed by atoms with Crippen molar-refractivity contribution in [2.45, 2.75) is 25.3 Å². The monoisotopic (exact) mass is 218 g/mol. The number of benzene rings is 1. The van der Waals surface area contributed by atoms with Crippen LogP contribution >= 0.6 is 0 Å². The van der Waals surface area contributed by atoms with Crippen LogP contribution in [0.2, 0.25) is 0 Å². The fraction of sp³-hybridized carbons (Fsp3) is 0.385. The lowest BCUT2D eigenvalue weighted by Crippen LogP contribution is -2.36. The molecule has 0 heterocycles. The van der Waals surface area contributed by atoms with Crippen molar-refractivity contribution < 1.29 is 4.74 Å². The van der Waals surface area contributed by atoms with Gasteiger partial charge in [0.05, 0.1) is 6.61 Å². The fourth-order valence-corrected chi connectivity index (χ4v) is 1.40. The first-order valence-corrected chi connectivity index (χ1v) is 5.44. The second-order valence-corrected chi connectivity index (χ2v) is 3.56. The summed E-state index contributed by atoms with van der Waals surface area (Å²) < 4.78 is 5.57. The van der Waals surface area contributed by atoms with Gasteiger partial charge in [0.1, 0.15) is 5.75 Å². The first kappa shape index (κ1) is 12.6. The number of para-hydroxylation sites is 1. The van der Waals surface area contributed by atoms with Crippen molar-refractivity contribution in [2.24, 2.45) is 5.84 Å². The van der Waals surface area contributed by atoms with Crippen LogP contribution in [0.15, 0.2) is 30.3 Å². The van der Waals surface area contributed by atoms with Crippen LogP contribution in [0.3, 0.4) is 0 Å². The van der Waals surface area contributed by atoms with E-state index in [1.54, 1.807) is 0 Å². The highest BCUT2D eigenvalue weighted by molar-refractivity contribution is 5.20. The Balaban J connectivity index is 2.21. The normalized spacial score (nSPS) is 11.8. The van der Waals surface area contributed by atoms with Crippen LogP contribution in [0.4, 0.5) is 0 Å². The highest BCUT2D eigenvalue weighted by atomic mass is 16.5. The maximum Gasteiger partial charge on any atom is 0.119 e. The number of ether oxygens (including phenoxy) is 1. The van der Waals surface area contributed by atoms with Gasteiger partial charge in [-0.05, 0) is 25.0 Å². The van der Waals surface area contributed by atoms with Crippen molar-refractivity contribution in [1.29, 1.82) is 0 Å². The highest BCUT2D eigenvalue weighted by Crippen LogP contribution is 2.09. The molecule has 1 aromatic carbocycles. The maximum absolute atomic E-state index is 5.57. The second-order valence-electron chi connectivity index (χ2n) is 3.56. The van der Waals surface area contributed by atoms with Gasteiger partial charge in [0, 0.05) is 12.5 Å². The first-order valence-electron chi connectivity index (χ1n) is 5.44. The highest BCUT2D eigenvalue weighted by Gasteiger charge is 2.05. The molecule has 16 heavy (non-hydrogen) atoms. The third-order valence-corrected chi connectivity index (χ3v) is 2.35. The van der Waals surface area contributed by atoms with Gasteiger partial charge in [-0.3, -0.25) is 11.3 Å². The number of rotatable bonds is 7. The van der Waals surface area contributed by atoms with Crippen LogP contribution in [0, 0.1) is 12.3 Å². The van der Waals surface area contributed by atoms with Gasteiger partial charge in [-0.15, -0.1) is 12.3 Å². The molecule has 3 heteroatoms. The van der Waals surface area contributed by atoms with Crippen LogP contribution in [0.1, 0.15) is 19.3 Å². The quantitative estimate of drug-likeness (QED) is 0.416. The topological polar surface area (TPSA) is 47.3 Å². The summed E-state index contributed by atoms with van der Waals surface area (Å²) >= 11 is 0. The van der Waals surface area contributed by atoms with Gasteiger partial charge in [0.15, 0.2) is 0 Å². The zero-order chi connectivity index (χ0) is 11.6. The van der Waals surface area contributed by atoms with Crippen molar-refractivity contribution in [3.8, 4) is 18.1 Å². The molecule has 3 N–H and O–H groups in total. The molecule has 0 fully saturated rings. The summed E-state index contributed by atoms with van der Waals surface area (Å²) in [7, 11) is 0. The lowest BCUT2D eigenvalue weighted by Gasteiger charge is -2.14. The van der Waals surface area contributed by atoms with E-state index in [0.717, 1.165) is 25.0 Å². The molecule has 0 aliphatic heterocycles. The van der Waals surface area contributed by atoms with E-state index >= 15 is 0 Å². The number of hydrazine groups is 1. The van der Waals surface area contributed by atoms with Crippen molar-refractivity contribution in [2.75, 3.05) is 6.61 Å². The van der Waals surface area contributed by atoms with Gasteiger partial charge < -0.3 is 4.74 Å². The molecular weight excluding hydrogens is 200 g/mol. The molecule has 0 radical (unpaired) electrons. The lowest BCUT2D eigenvalue weighted by atomic mass is 10.1. The largest absolute Gasteiger partial charge is 0.494 e. The van der Waals surface area contributed by atoms with Crippen molar-refractivity contribution in [3.63, 3.8) is 0 Å². The van der Waals surface area contributed by atoms with E-state index in [9.17, 15) is 0 Å². The number of hydrogen-bond acceptors (Lipinski definition) is 3. The van der Waals surface area contributed by atoms with E-state index < -0.39 is 0 Å². The zero-order valence-corrected chi connectivity index (χ0v) is 9.36. The number of terminal acetylenes is 1. The molecule has 0 saturated heterocycles. The Morgan fingerprint density at radius 1 is 1.31 bits per heavy atom. The van der Waals surface area contributed by atoms with Gasteiger partial charge in [-0.2, -0.15) is 0 Å². The molecule has 0 bridgehead atoms. The molecule has 1 aromatic rings. The summed E-state index contributed by atoms with van der Waals surface area (Å²) in [5.41, 5.74) is 2.75. The average molecular weight is 218 g/mol. The molecule has 0 aliphatic carbocycles. The Morgan fingerprint density at radius 2 is 2.06 bits per heavy atom. The summed E-state index contributed by atoms with van der Waals surface area (Å²) in [6, 6.07) is 9.96. The SMILES string of the molecule is C#CCCC(CCOc1ccccc1)NN. The molecule has 0 spiro atoms. The number of nitrogens with one attached hydrogen (secondary N) is 1. The van der Waals surface area contributed by atoms with Crippen molar-refractivity contribution in [3.05, 3.63) is 30.3 Å². The van der Waals surface area contributed by atoms with E-state index in [1.807, 2.05) is 30.3 Å². The molecule has 0 aromatic heterocycles.